The molecule has 5 rings (SSSR count). The normalized spacial score (nSPS) is 11.5. The van der Waals surface area contributed by atoms with Crippen LogP contribution >= 0.6 is 19.4 Å². The Balaban J connectivity index is 1.10. The van der Waals surface area contributed by atoms with Gasteiger partial charge in [0.25, 0.3) is 5.91 Å². The average molecular weight is 734 g/mol. The van der Waals surface area contributed by atoms with Crippen LogP contribution in [0, 0.1) is 6.92 Å². The number of azo groups is 1. The van der Waals surface area contributed by atoms with Gasteiger partial charge >= 0.3 is 7.82 Å². The van der Waals surface area contributed by atoms with E-state index < -0.39 is 20.4 Å². The van der Waals surface area contributed by atoms with Gasteiger partial charge in [0.15, 0.2) is 5.75 Å². The van der Waals surface area contributed by atoms with Gasteiger partial charge in [0.05, 0.1) is 11.3 Å². The highest BCUT2D eigenvalue weighted by Gasteiger charge is 2.20. The second kappa shape index (κ2) is 17.3. The van der Waals surface area contributed by atoms with E-state index in [9.17, 15) is 18.9 Å². The van der Waals surface area contributed by atoms with Gasteiger partial charge in [-0.25, -0.2) is 8.96 Å². The minimum absolute atomic E-state index is 0.0655. The SMILES string of the molecule is Cc1cc(Cl)ccc1NC(=O)c1cc2ccccc2c(/N=N/c2ccc(NCCCCCCNc3ccc(OP(=O)(O)O)c(CF)c3)cc2)c1O. The first-order chi connectivity index (χ1) is 24.5. The van der Waals surface area contributed by atoms with E-state index in [-0.39, 0.29) is 28.3 Å². The molecule has 0 bridgehead atoms. The molecule has 0 aromatic heterocycles. The van der Waals surface area contributed by atoms with Crippen LogP contribution in [0.4, 0.5) is 32.8 Å². The summed E-state index contributed by atoms with van der Waals surface area (Å²) < 4.78 is 28.9. The number of phosphoric acid groups is 1. The molecule has 0 saturated carbocycles. The monoisotopic (exact) mass is 733 g/mol. The second-order valence-electron chi connectivity index (χ2n) is 11.8. The van der Waals surface area contributed by atoms with Crippen molar-refractivity contribution >= 4 is 64.5 Å². The molecule has 5 aromatic rings. The molecule has 14 heteroatoms. The molecular formula is C37H38ClFN5O6P. The Morgan fingerprint density at radius 3 is 2.24 bits per heavy atom. The zero-order valence-corrected chi connectivity index (χ0v) is 29.4. The van der Waals surface area contributed by atoms with Gasteiger partial charge in [-0.15, -0.1) is 5.11 Å². The first kappa shape index (κ1) is 37.3. The molecule has 0 saturated heterocycles. The highest BCUT2D eigenvalue weighted by atomic mass is 35.5. The minimum Gasteiger partial charge on any atom is -0.505 e. The summed E-state index contributed by atoms with van der Waals surface area (Å²) in [6.07, 6.45) is 3.83. The molecule has 0 aliphatic rings. The van der Waals surface area contributed by atoms with E-state index in [2.05, 4.69) is 30.7 Å². The zero-order valence-electron chi connectivity index (χ0n) is 27.8. The zero-order chi connectivity index (χ0) is 36.4. The van der Waals surface area contributed by atoms with Crippen molar-refractivity contribution in [2.75, 3.05) is 29.0 Å². The molecule has 0 atom stereocenters. The lowest BCUT2D eigenvalue weighted by Gasteiger charge is -2.13. The van der Waals surface area contributed by atoms with Crippen molar-refractivity contribution in [3.8, 4) is 11.5 Å². The summed E-state index contributed by atoms with van der Waals surface area (Å²) in [5.41, 5.74) is 3.85. The number of benzene rings is 5. The lowest BCUT2D eigenvalue weighted by atomic mass is 10.0. The molecule has 0 aliphatic heterocycles. The van der Waals surface area contributed by atoms with Gasteiger partial charge in [-0.05, 0) is 97.4 Å². The Morgan fingerprint density at radius 2 is 1.55 bits per heavy atom. The lowest BCUT2D eigenvalue weighted by molar-refractivity contribution is 0.102. The smallest absolute Gasteiger partial charge is 0.505 e. The molecule has 0 heterocycles. The molecule has 0 unspecified atom stereocenters. The number of amides is 1. The summed E-state index contributed by atoms with van der Waals surface area (Å²) in [5.74, 6) is -0.930. The standard InChI is InChI=1S/C37H38ClFN5O6P/c1-24-20-27(38)10-16-33(24)42-37(46)32-22-25-8-4-5-9-31(25)35(36(32)45)44-43-29-13-11-28(12-14-29)40-18-6-2-3-7-19-41-30-15-17-34(26(21-30)23-39)50-51(47,48)49/h4-5,8-17,20-22,40-41,45H,2-3,6-7,18-19,23H2,1H3,(H,42,46)(H2,47,48,49)/b44-43+. The Morgan fingerprint density at radius 1 is 0.863 bits per heavy atom. The largest absolute Gasteiger partial charge is 0.524 e. The Kier molecular flexibility index (Phi) is 12.6. The number of fused-ring (bicyclic) bond motifs is 1. The summed E-state index contributed by atoms with van der Waals surface area (Å²) in [5, 5.41) is 31.3. The fraction of sp³-hybridized carbons (Fsp3) is 0.216. The van der Waals surface area contributed by atoms with Crippen molar-refractivity contribution in [2.45, 2.75) is 39.3 Å². The number of rotatable bonds is 16. The number of carbonyl (C=O) groups is 1. The number of unbranched alkanes of at least 4 members (excludes halogenated alkanes) is 3. The van der Waals surface area contributed by atoms with Crippen molar-refractivity contribution in [1.82, 2.24) is 0 Å². The maximum absolute atomic E-state index is 13.3. The Hall–Kier alpha value is -5.00. The fourth-order valence-electron chi connectivity index (χ4n) is 5.38. The van der Waals surface area contributed by atoms with Gasteiger partial charge in [0, 0.05) is 46.1 Å². The van der Waals surface area contributed by atoms with Crippen molar-refractivity contribution < 1.29 is 33.2 Å². The van der Waals surface area contributed by atoms with Gasteiger partial charge in [0.1, 0.15) is 18.1 Å². The van der Waals surface area contributed by atoms with E-state index in [1.807, 2.05) is 55.5 Å². The van der Waals surface area contributed by atoms with Gasteiger partial charge in [-0.2, -0.15) is 5.11 Å². The lowest BCUT2D eigenvalue weighted by Crippen LogP contribution is -2.13. The van der Waals surface area contributed by atoms with Crippen molar-refractivity contribution in [3.63, 3.8) is 0 Å². The topological polar surface area (TPSA) is 165 Å². The summed E-state index contributed by atoms with van der Waals surface area (Å²) in [6.45, 7) is 2.37. The third-order valence-corrected chi connectivity index (χ3v) is 8.66. The number of phenolic OH excluding ortho intramolecular Hbond substituents is 1. The maximum Gasteiger partial charge on any atom is 0.524 e. The van der Waals surface area contributed by atoms with Gasteiger partial charge in [-0.1, -0.05) is 48.7 Å². The van der Waals surface area contributed by atoms with Crippen LogP contribution < -0.4 is 20.5 Å². The third-order valence-electron chi connectivity index (χ3n) is 7.99. The van der Waals surface area contributed by atoms with Crippen molar-refractivity contribution in [1.29, 1.82) is 0 Å². The van der Waals surface area contributed by atoms with Crippen LogP contribution in [-0.2, 0) is 11.2 Å². The number of hydrogen-bond donors (Lipinski definition) is 6. The molecule has 6 N–H and O–H groups in total. The Labute approximate surface area is 299 Å². The highest BCUT2D eigenvalue weighted by molar-refractivity contribution is 7.46. The maximum atomic E-state index is 13.3. The molecule has 5 aromatic carbocycles. The molecular weight excluding hydrogens is 696 g/mol. The quantitative estimate of drug-likeness (QED) is 0.0331. The highest BCUT2D eigenvalue weighted by Crippen LogP contribution is 2.41. The average Bonchev–Trinajstić information content (AvgIpc) is 3.10. The first-order valence-corrected chi connectivity index (χ1v) is 18.2. The predicted octanol–water partition coefficient (Wildman–Crippen LogP) is 10.2. The van der Waals surface area contributed by atoms with Crippen LogP contribution in [0.1, 0.15) is 47.2 Å². The number of alkyl halides is 1. The van der Waals surface area contributed by atoms with Crippen molar-refractivity contribution in [2.24, 2.45) is 10.2 Å². The second-order valence-corrected chi connectivity index (χ2v) is 13.4. The van der Waals surface area contributed by atoms with E-state index >= 15 is 0 Å². The van der Waals surface area contributed by atoms with Crippen LogP contribution in [-0.4, -0.2) is 33.9 Å². The molecule has 0 fully saturated rings. The van der Waals surface area contributed by atoms with Crippen LogP contribution in [0.2, 0.25) is 5.02 Å². The van der Waals surface area contributed by atoms with Crippen molar-refractivity contribution in [3.05, 3.63) is 113 Å². The molecule has 51 heavy (non-hydrogen) atoms. The van der Waals surface area contributed by atoms with Crippen LogP contribution in [0.3, 0.4) is 0 Å². The molecule has 266 valence electrons. The van der Waals surface area contributed by atoms with Crippen LogP contribution in [0.15, 0.2) is 101 Å². The fourth-order valence-corrected chi connectivity index (χ4v) is 6.04. The van der Waals surface area contributed by atoms with Crippen LogP contribution in [0.25, 0.3) is 10.8 Å². The third kappa shape index (κ3) is 10.5. The number of nitrogens with one attached hydrogen (secondary N) is 3. The van der Waals surface area contributed by atoms with E-state index in [1.54, 1.807) is 30.3 Å². The van der Waals surface area contributed by atoms with E-state index in [4.69, 9.17) is 21.4 Å². The summed E-state index contributed by atoms with van der Waals surface area (Å²) >= 11 is 6.06. The summed E-state index contributed by atoms with van der Waals surface area (Å²) in [4.78, 5) is 31.2. The molecule has 0 radical (unpaired) electrons. The predicted molar refractivity (Wildman–Crippen MR) is 200 cm³/mol. The molecule has 0 spiro atoms. The number of carbonyl (C=O) groups excluding carboxylic acids is 1. The Bertz CT molecular complexity index is 2080. The summed E-state index contributed by atoms with van der Waals surface area (Å²) in [6, 6.07) is 26.0. The molecule has 1 amide bonds. The number of aryl methyl sites for hydroxylation is 1. The number of halogens is 2. The van der Waals surface area contributed by atoms with Gasteiger partial charge < -0.3 is 25.6 Å². The number of aromatic hydroxyl groups is 1. The number of nitrogens with zero attached hydrogens (tertiary/aromatic N) is 2. The molecule has 11 nitrogen and oxygen atoms in total. The summed E-state index contributed by atoms with van der Waals surface area (Å²) in [7, 11) is -4.76. The number of hydrogen-bond acceptors (Lipinski definition) is 8. The number of anilines is 3. The number of phenols is 1. The van der Waals surface area contributed by atoms with Crippen LogP contribution in [0.5, 0.6) is 11.5 Å². The van der Waals surface area contributed by atoms with E-state index in [0.717, 1.165) is 48.9 Å². The van der Waals surface area contributed by atoms with Gasteiger partial charge in [-0.3, -0.25) is 14.6 Å². The minimum atomic E-state index is -4.76. The van der Waals surface area contributed by atoms with E-state index in [0.29, 0.717) is 34.0 Å². The number of phosphoric ester groups is 1. The molecule has 0 aliphatic carbocycles. The first-order valence-electron chi connectivity index (χ1n) is 16.3. The van der Waals surface area contributed by atoms with Gasteiger partial charge in [0.2, 0.25) is 0 Å². The van der Waals surface area contributed by atoms with E-state index in [1.165, 1.54) is 12.1 Å².